The van der Waals surface area contributed by atoms with Crippen molar-refractivity contribution in [2.24, 2.45) is 21.8 Å². The number of carbonyl (C=O) groups excluding carboxylic acids is 2. The zero-order chi connectivity index (χ0) is 22.7. The first kappa shape index (κ1) is 23.5. The van der Waals surface area contributed by atoms with E-state index in [-0.39, 0.29) is 12.1 Å². The number of aliphatic imine (C=N–C) groups is 2. The second-order valence-electron chi connectivity index (χ2n) is 9.64. The number of ether oxygens (including phenoxy) is 2. The topological polar surface area (TPSA) is 125 Å². The van der Waals surface area contributed by atoms with Crippen molar-refractivity contribution >= 4 is 23.4 Å². The summed E-state index contributed by atoms with van der Waals surface area (Å²) in [7, 11) is 0. The fourth-order valence-electron chi connectivity index (χ4n) is 3.52. The Morgan fingerprint density at radius 3 is 1.43 bits per heavy atom. The number of rotatable bonds is 5. The third kappa shape index (κ3) is 6.13. The molecule has 8 nitrogen and oxygen atoms in total. The lowest BCUT2D eigenvalue weighted by molar-refractivity contribution is -0.156. The van der Waals surface area contributed by atoms with Crippen LogP contribution >= 0.6 is 0 Å². The van der Waals surface area contributed by atoms with E-state index < -0.39 is 35.0 Å². The molecule has 2 heterocycles. The van der Waals surface area contributed by atoms with Gasteiger partial charge in [0.05, 0.1) is 24.2 Å². The molecule has 1 unspecified atom stereocenters. The summed E-state index contributed by atoms with van der Waals surface area (Å²) in [4.78, 5) is 33.9. The summed E-state index contributed by atoms with van der Waals surface area (Å²) in [5.74, 6) is -3.22. The van der Waals surface area contributed by atoms with E-state index in [1.165, 1.54) is 0 Å². The van der Waals surface area contributed by atoms with Gasteiger partial charge in [-0.2, -0.15) is 10.5 Å². The van der Waals surface area contributed by atoms with E-state index in [2.05, 4.69) is 9.98 Å². The van der Waals surface area contributed by atoms with E-state index in [0.29, 0.717) is 37.1 Å². The summed E-state index contributed by atoms with van der Waals surface area (Å²) in [6.45, 7) is 10.5. The minimum Gasteiger partial charge on any atom is -0.459 e. The molecule has 0 bridgehead atoms. The second kappa shape index (κ2) is 8.95. The van der Waals surface area contributed by atoms with Crippen LogP contribution in [0.5, 0.6) is 0 Å². The summed E-state index contributed by atoms with van der Waals surface area (Å²) in [6.07, 6.45) is 2.39. The molecule has 0 N–H and O–H groups in total. The Kier molecular flexibility index (Phi) is 7.02. The van der Waals surface area contributed by atoms with Crippen LogP contribution in [-0.4, -0.2) is 46.6 Å². The van der Waals surface area contributed by atoms with Crippen LogP contribution in [0.3, 0.4) is 0 Å². The molecular weight excluding hydrogens is 384 g/mol. The summed E-state index contributed by atoms with van der Waals surface area (Å²) >= 11 is 0. The van der Waals surface area contributed by atoms with Gasteiger partial charge in [0, 0.05) is 11.4 Å². The van der Waals surface area contributed by atoms with Crippen LogP contribution in [0.1, 0.15) is 67.2 Å². The first-order valence-electron chi connectivity index (χ1n) is 10.2. The number of esters is 2. The fourth-order valence-corrected chi connectivity index (χ4v) is 3.52. The van der Waals surface area contributed by atoms with Crippen molar-refractivity contribution in [2.45, 2.75) is 90.5 Å². The molecule has 2 rings (SSSR count). The van der Waals surface area contributed by atoms with Gasteiger partial charge in [-0.3, -0.25) is 19.6 Å². The highest BCUT2D eigenvalue weighted by molar-refractivity contribution is 6.06. The Bertz CT molecular complexity index is 763. The molecule has 0 amide bonds. The van der Waals surface area contributed by atoms with Gasteiger partial charge < -0.3 is 9.47 Å². The van der Waals surface area contributed by atoms with Crippen LogP contribution in [-0.2, 0) is 19.1 Å². The number of nitriles is 2. The van der Waals surface area contributed by atoms with Gasteiger partial charge in [-0.25, -0.2) is 0 Å². The highest BCUT2D eigenvalue weighted by Gasteiger charge is 2.38. The predicted octanol–water partition coefficient (Wildman–Crippen LogP) is 3.16. The van der Waals surface area contributed by atoms with Crippen molar-refractivity contribution in [3.8, 4) is 12.1 Å². The Morgan fingerprint density at radius 1 is 0.833 bits per heavy atom. The van der Waals surface area contributed by atoms with E-state index in [1.54, 1.807) is 41.5 Å². The van der Waals surface area contributed by atoms with Gasteiger partial charge in [0.15, 0.2) is 11.8 Å². The van der Waals surface area contributed by atoms with E-state index in [4.69, 9.17) is 9.47 Å². The minimum absolute atomic E-state index is 0.172. The quantitative estimate of drug-likeness (QED) is 0.636. The van der Waals surface area contributed by atoms with Crippen LogP contribution in [0.15, 0.2) is 9.98 Å². The maximum Gasteiger partial charge on any atom is 0.329 e. The van der Waals surface area contributed by atoms with Crippen molar-refractivity contribution in [1.82, 2.24) is 0 Å². The van der Waals surface area contributed by atoms with Crippen molar-refractivity contribution in [3.63, 3.8) is 0 Å². The van der Waals surface area contributed by atoms with Crippen LogP contribution in [0.25, 0.3) is 0 Å². The van der Waals surface area contributed by atoms with Crippen LogP contribution in [0, 0.1) is 34.5 Å². The van der Waals surface area contributed by atoms with Gasteiger partial charge in [-0.05, 0) is 67.2 Å². The molecule has 4 atom stereocenters. The Balaban J connectivity index is 2.11. The molecule has 30 heavy (non-hydrogen) atoms. The standard InChI is InChI=1S/C22H30N4O4/c1-21(2,3)29-19(27)13(11-23)15-7-9-17(25-15)18-10-8-16(26-18)14(12-24)20(28)30-22(4,5)6/h13-14,17-18H,7-10H2,1-6H3/t13-,14?,17+,18-/m0/s1. The van der Waals surface area contributed by atoms with Gasteiger partial charge >= 0.3 is 11.9 Å². The summed E-state index contributed by atoms with van der Waals surface area (Å²) < 4.78 is 10.7. The molecule has 8 heteroatoms. The molecule has 0 aliphatic carbocycles. The third-order valence-corrected chi connectivity index (χ3v) is 4.71. The molecule has 0 saturated carbocycles. The van der Waals surface area contributed by atoms with Gasteiger partial charge in [0.25, 0.3) is 0 Å². The maximum absolute atomic E-state index is 12.3. The van der Waals surface area contributed by atoms with Crippen molar-refractivity contribution in [1.29, 1.82) is 10.5 Å². The van der Waals surface area contributed by atoms with E-state index in [0.717, 1.165) is 0 Å². The highest BCUT2D eigenvalue weighted by Crippen LogP contribution is 2.30. The lowest BCUT2D eigenvalue weighted by atomic mass is 9.99. The second-order valence-corrected chi connectivity index (χ2v) is 9.64. The van der Waals surface area contributed by atoms with Crippen molar-refractivity contribution in [3.05, 3.63) is 0 Å². The molecule has 0 aromatic rings. The maximum atomic E-state index is 12.3. The molecule has 2 aliphatic heterocycles. The molecule has 0 radical (unpaired) electrons. The van der Waals surface area contributed by atoms with Gasteiger partial charge in [-0.1, -0.05) is 0 Å². The normalized spacial score (nSPS) is 23.5. The Hall–Kier alpha value is -2.74. The van der Waals surface area contributed by atoms with Crippen molar-refractivity contribution < 1.29 is 19.1 Å². The van der Waals surface area contributed by atoms with E-state index in [1.807, 2.05) is 12.1 Å². The zero-order valence-electron chi connectivity index (χ0n) is 18.6. The first-order valence-corrected chi connectivity index (χ1v) is 10.2. The van der Waals surface area contributed by atoms with Crippen LogP contribution in [0.4, 0.5) is 0 Å². The van der Waals surface area contributed by atoms with Gasteiger partial charge in [0.2, 0.25) is 0 Å². The minimum atomic E-state index is -1.02. The van der Waals surface area contributed by atoms with Gasteiger partial charge in [-0.15, -0.1) is 0 Å². The smallest absolute Gasteiger partial charge is 0.329 e. The zero-order valence-corrected chi connectivity index (χ0v) is 18.6. The molecular formula is C22H30N4O4. The molecule has 0 saturated heterocycles. The fraction of sp³-hybridized carbons (Fsp3) is 0.727. The predicted molar refractivity (Wildman–Crippen MR) is 111 cm³/mol. The molecule has 0 aromatic heterocycles. The Labute approximate surface area is 178 Å². The molecule has 0 aromatic carbocycles. The summed E-state index contributed by atoms with van der Waals surface area (Å²) in [6, 6.07) is 3.66. The highest BCUT2D eigenvalue weighted by atomic mass is 16.6. The lowest BCUT2D eigenvalue weighted by Crippen LogP contribution is -2.31. The Morgan fingerprint density at radius 2 is 1.17 bits per heavy atom. The van der Waals surface area contributed by atoms with E-state index in [9.17, 15) is 20.1 Å². The van der Waals surface area contributed by atoms with Crippen molar-refractivity contribution in [2.75, 3.05) is 0 Å². The van der Waals surface area contributed by atoms with Crippen LogP contribution < -0.4 is 0 Å². The third-order valence-electron chi connectivity index (χ3n) is 4.71. The van der Waals surface area contributed by atoms with Gasteiger partial charge in [0.1, 0.15) is 11.2 Å². The number of nitrogens with zero attached hydrogens (tertiary/aromatic N) is 4. The molecule has 2 aliphatic rings. The summed E-state index contributed by atoms with van der Waals surface area (Å²) in [5, 5.41) is 18.9. The molecule has 162 valence electrons. The van der Waals surface area contributed by atoms with E-state index >= 15 is 0 Å². The lowest BCUT2D eigenvalue weighted by Gasteiger charge is -2.21. The number of carbonyl (C=O) groups is 2. The SMILES string of the molecule is CC(C)(C)OC(=O)C(C#N)C1=N[C@H]([C@H]2CCC([C@H](C#N)C(=O)OC(C)(C)C)=N2)CC1. The average molecular weight is 415 g/mol. The molecule has 0 fully saturated rings. The van der Waals surface area contributed by atoms with Crippen LogP contribution in [0.2, 0.25) is 0 Å². The number of hydrogen-bond acceptors (Lipinski definition) is 8. The first-order chi connectivity index (χ1) is 13.8. The largest absolute Gasteiger partial charge is 0.459 e. The average Bonchev–Trinajstić information content (AvgIpc) is 3.22. The molecule has 0 spiro atoms. The summed E-state index contributed by atoms with van der Waals surface area (Å²) in [5.41, 5.74) is -0.319. The monoisotopic (exact) mass is 414 g/mol. The number of hydrogen-bond donors (Lipinski definition) is 0.